The van der Waals surface area contributed by atoms with Crippen LogP contribution in [0.3, 0.4) is 0 Å². The molecular weight excluding hydrogens is 196 g/mol. The molecule has 0 aliphatic carbocycles. The van der Waals surface area contributed by atoms with E-state index in [4.69, 9.17) is 17.3 Å². The van der Waals surface area contributed by atoms with Gasteiger partial charge in [-0.3, -0.25) is 4.98 Å². The van der Waals surface area contributed by atoms with Crippen molar-refractivity contribution in [3.05, 3.63) is 29.0 Å². The summed E-state index contributed by atoms with van der Waals surface area (Å²) in [5.74, 6) is 0. The lowest BCUT2D eigenvalue weighted by Crippen LogP contribution is -2.12. The Bertz CT molecular complexity index is 276. The van der Waals surface area contributed by atoms with Gasteiger partial charge in [0.05, 0.1) is 10.7 Å². The third kappa shape index (κ3) is 3.28. The molecule has 1 unspecified atom stereocenters. The molecule has 0 amide bonds. The van der Waals surface area contributed by atoms with Crippen molar-refractivity contribution in [2.45, 2.75) is 38.6 Å². The Morgan fingerprint density at radius 3 is 2.93 bits per heavy atom. The highest BCUT2D eigenvalue weighted by Gasteiger charge is 2.10. The Morgan fingerprint density at radius 2 is 2.29 bits per heavy atom. The average molecular weight is 213 g/mol. The highest BCUT2D eigenvalue weighted by atomic mass is 35.5. The predicted molar refractivity (Wildman–Crippen MR) is 60.3 cm³/mol. The molecule has 0 saturated heterocycles. The minimum Gasteiger partial charge on any atom is -0.323 e. The molecule has 0 fully saturated rings. The van der Waals surface area contributed by atoms with Gasteiger partial charge < -0.3 is 5.73 Å². The Balaban J connectivity index is 2.51. The van der Waals surface area contributed by atoms with Crippen LogP contribution in [-0.2, 0) is 0 Å². The Kier molecular flexibility index (Phi) is 4.91. The number of nitrogens with two attached hydrogens (primary N) is 1. The molecule has 78 valence electrons. The van der Waals surface area contributed by atoms with E-state index >= 15 is 0 Å². The van der Waals surface area contributed by atoms with Crippen LogP contribution in [-0.4, -0.2) is 4.98 Å². The normalized spacial score (nSPS) is 12.8. The van der Waals surface area contributed by atoms with Crippen molar-refractivity contribution in [3.8, 4) is 0 Å². The largest absolute Gasteiger partial charge is 0.323 e. The first kappa shape index (κ1) is 11.5. The molecule has 3 heteroatoms. The van der Waals surface area contributed by atoms with Crippen LogP contribution in [0.4, 0.5) is 0 Å². The van der Waals surface area contributed by atoms with E-state index in [0.717, 1.165) is 18.5 Å². The molecule has 1 rings (SSSR count). The van der Waals surface area contributed by atoms with E-state index in [9.17, 15) is 0 Å². The second-order valence-corrected chi connectivity index (χ2v) is 3.88. The Morgan fingerprint density at radius 1 is 1.50 bits per heavy atom. The number of aromatic nitrogens is 1. The third-order valence-corrected chi connectivity index (χ3v) is 2.58. The zero-order valence-electron chi connectivity index (χ0n) is 8.54. The molecule has 2 nitrogen and oxygen atoms in total. The van der Waals surface area contributed by atoms with Crippen molar-refractivity contribution in [1.29, 1.82) is 0 Å². The minimum absolute atomic E-state index is 0.0183. The number of unbranched alkanes of at least 4 members (excludes halogenated alkanes) is 2. The first-order valence-corrected chi connectivity index (χ1v) is 5.49. The first-order chi connectivity index (χ1) is 6.75. The predicted octanol–water partition coefficient (Wildman–Crippen LogP) is 3.32. The van der Waals surface area contributed by atoms with Crippen LogP contribution < -0.4 is 5.73 Å². The van der Waals surface area contributed by atoms with Gasteiger partial charge in [0, 0.05) is 12.2 Å². The van der Waals surface area contributed by atoms with Gasteiger partial charge in [-0.05, 0) is 18.6 Å². The molecule has 0 aliphatic heterocycles. The molecule has 0 bridgehead atoms. The van der Waals surface area contributed by atoms with Crippen LogP contribution in [0.5, 0.6) is 0 Å². The van der Waals surface area contributed by atoms with Crippen molar-refractivity contribution in [1.82, 2.24) is 4.98 Å². The molecule has 0 saturated carbocycles. The maximum absolute atomic E-state index is 5.99. The van der Waals surface area contributed by atoms with Crippen LogP contribution >= 0.6 is 11.6 Å². The number of hydrogen-bond acceptors (Lipinski definition) is 2. The summed E-state index contributed by atoms with van der Waals surface area (Å²) in [4.78, 5) is 4.20. The molecule has 14 heavy (non-hydrogen) atoms. The number of rotatable bonds is 5. The van der Waals surface area contributed by atoms with Crippen molar-refractivity contribution in [3.63, 3.8) is 0 Å². The molecule has 0 aliphatic rings. The Labute approximate surface area is 90.5 Å². The van der Waals surface area contributed by atoms with E-state index < -0.39 is 0 Å². The molecule has 0 radical (unpaired) electrons. The van der Waals surface area contributed by atoms with E-state index in [-0.39, 0.29) is 6.04 Å². The summed E-state index contributed by atoms with van der Waals surface area (Å²) >= 11 is 5.99. The van der Waals surface area contributed by atoms with E-state index in [0.29, 0.717) is 5.02 Å². The summed E-state index contributed by atoms with van der Waals surface area (Å²) in [5, 5.41) is 0.677. The fourth-order valence-corrected chi connectivity index (χ4v) is 1.68. The smallest absolute Gasteiger partial charge is 0.0756 e. The molecule has 2 N–H and O–H groups in total. The molecule has 1 heterocycles. The minimum atomic E-state index is -0.0183. The standard InChI is InChI=1S/C11H17ClN2/c1-2-3-4-7-10(13)11-9(12)6-5-8-14-11/h5-6,8,10H,2-4,7,13H2,1H3. The third-order valence-electron chi connectivity index (χ3n) is 2.26. The summed E-state index contributed by atoms with van der Waals surface area (Å²) in [7, 11) is 0. The van der Waals surface area contributed by atoms with E-state index in [1.807, 2.05) is 12.1 Å². The van der Waals surface area contributed by atoms with Gasteiger partial charge in [-0.2, -0.15) is 0 Å². The van der Waals surface area contributed by atoms with Gasteiger partial charge in [0.25, 0.3) is 0 Å². The zero-order chi connectivity index (χ0) is 10.4. The fourth-order valence-electron chi connectivity index (χ4n) is 1.42. The lowest BCUT2D eigenvalue weighted by Gasteiger charge is -2.11. The van der Waals surface area contributed by atoms with Crippen molar-refractivity contribution < 1.29 is 0 Å². The van der Waals surface area contributed by atoms with Gasteiger partial charge in [-0.25, -0.2) is 0 Å². The van der Waals surface area contributed by atoms with Gasteiger partial charge >= 0.3 is 0 Å². The van der Waals surface area contributed by atoms with Crippen LogP contribution in [0.25, 0.3) is 0 Å². The molecule has 1 aromatic heterocycles. The van der Waals surface area contributed by atoms with Crippen LogP contribution in [0.1, 0.15) is 44.3 Å². The summed E-state index contributed by atoms with van der Waals surface area (Å²) in [6.07, 6.45) is 6.27. The molecule has 0 aromatic carbocycles. The Hall–Kier alpha value is -0.600. The SMILES string of the molecule is CCCCCC(N)c1ncccc1Cl. The van der Waals surface area contributed by atoms with Crippen molar-refractivity contribution in [2.24, 2.45) is 5.73 Å². The van der Waals surface area contributed by atoms with Crippen LogP contribution in [0, 0.1) is 0 Å². The van der Waals surface area contributed by atoms with Gasteiger partial charge in [0.2, 0.25) is 0 Å². The number of nitrogens with zero attached hydrogens (tertiary/aromatic N) is 1. The second kappa shape index (κ2) is 5.99. The lowest BCUT2D eigenvalue weighted by atomic mass is 10.1. The fraction of sp³-hybridized carbons (Fsp3) is 0.545. The molecule has 1 aromatic rings. The summed E-state index contributed by atoms with van der Waals surface area (Å²) in [5.41, 5.74) is 6.81. The van der Waals surface area contributed by atoms with Gasteiger partial charge in [0.1, 0.15) is 0 Å². The monoisotopic (exact) mass is 212 g/mol. The first-order valence-electron chi connectivity index (χ1n) is 5.11. The number of hydrogen-bond donors (Lipinski definition) is 1. The second-order valence-electron chi connectivity index (χ2n) is 3.47. The van der Waals surface area contributed by atoms with Gasteiger partial charge in [0.15, 0.2) is 0 Å². The lowest BCUT2D eigenvalue weighted by molar-refractivity contribution is 0.571. The highest BCUT2D eigenvalue weighted by Crippen LogP contribution is 2.22. The summed E-state index contributed by atoms with van der Waals surface area (Å²) in [6.45, 7) is 2.18. The van der Waals surface area contributed by atoms with E-state index in [2.05, 4.69) is 11.9 Å². The maximum atomic E-state index is 5.99. The van der Waals surface area contributed by atoms with Crippen LogP contribution in [0.15, 0.2) is 18.3 Å². The van der Waals surface area contributed by atoms with Gasteiger partial charge in [-0.15, -0.1) is 0 Å². The zero-order valence-corrected chi connectivity index (χ0v) is 9.30. The van der Waals surface area contributed by atoms with Crippen molar-refractivity contribution >= 4 is 11.6 Å². The maximum Gasteiger partial charge on any atom is 0.0756 e. The number of halogens is 1. The van der Waals surface area contributed by atoms with Crippen LogP contribution in [0.2, 0.25) is 5.02 Å². The van der Waals surface area contributed by atoms with E-state index in [1.165, 1.54) is 12.8 Å². The number of pyridine rings is 1. The molecule has 0 spiro atoms. The summed E-state index contributed by atoms with van der Waals surface area (Å²) < 4.78 is 0. The quantitative estimate of drug-likeness (QED) is 0.761. The topological polar surface area (TPSA) is 38.9 Å². The van der Waals surface area contributed by atoms with E-state index in [1.54, 1.807) is 6.20 Å². The highest BCUT2D eigenvalue weighted by molar-refractivity contribution is 6.31. The summed E-state index contributed by atoms with van der Waals surface area (Å²) in [6, 6.07) is 3.64. The average Bonchev–Trinajstić information content (AvgIpc) is 2.18. The molecular formula is C11H17ClN2. The molecule has 1 atom stereocenters. The van der Waals surface area contributed by atoms with Gasteiger partial charge in [-0.1, -0.05) is 37.8 Å². The van der Waals surface area contributed by atoms with Crippen molar-refractivity contribution in [2.75, 3.05) is 0 Å².